The van der Waals surface area contributed by atoms with E-state index in [1.54, 1.807) is 0 Å². The lowest BCUT2D eigenvalue weighted by Gasteiger charge is -2.31. The van der Waals surface area contributed by atoms with Crippen LogP contribution in [0.25, 0.3) is 55.3 Å². The fraction of sp³-hybridized carbons (Fsp3) is 0.245. The van der Waals surface area contributed by atoms with Crippen molar-refractivity contribution in [2.24, 2.45) is 9.98 Å². The molecule has 0 amide bonds. The summed E-state index contributed by atoms with van der Waals surface area (Å²) in [7, 11) is 0. The van der Waals surface area contributed by atoms with Gasteiger partial charge in [-0.2, -0.15) is 0 Å². The summed E-state index contributed by atoms with van der Waals surface area (Å²) in [6.07, 6.45) is 7.60. The molecule has 290 valence electrons. The maximum Gasteiger partial charge on any atom is 0.218 e. The molecule has 1 spiro atoms. The van der Waals surface area contributed by atoms with Gasteiger partial charge in [0.1, 0.15) is 11.2 Å². The van der Waals surface area contributed by atoms with Gasteiger partial charge in [0.2, 0.25) is 11.8 Å². The molecule has 0 saturated heterocycles. The van der Waals surface area contributed by atoms with Crippen molar-refractivity contribution < 1.29 is 9.47 Å². The number of nitrogens with zero attached hydrogens (tertiary/aromatic N) is 4. The molecule has 11 rings (SSSR count). The topological polar surface area (TPSA) is 69.0 Å². The zero-order chi connectivity index (χ0) is 40.7. The summed E-state index contributed by atoms with van der Waals surface area (Å²) in [6, 6.07) is 40.7. The van der Waals surface area contributed by atoms with Gasteiger partial charge >= 0.3 is 0 Å². The lowest BCUT2D eigenvalue weighted by Crippen LogP contribution is -2.41. The maximum absolute atomic E-state index is 6.43. The van der Waals surface area contributed by atoms with Crippen molar-refractivity contribution in [3.8, 4) is 44.5 Å². The minimum Gasteiger partial charge on any atom is -0.469 e. The molecule has 0 radical (unpaired) electrons. The molecule has 0 unspecified atom stereocenters. The Kier molecular flexibility index (Phi) is 7.18. The third-order valence-corrected chi connectivity index (χ3v) is 14.1. The number of ether oxygens (including phenoxy) is 2. The predicted octanol–water partition coefficient (Wildman–Crippen LogP) is 12.0. The van der Waals surface area contributed by atoms with Gasteiger partial charge < -0.3 is 9.47 Å². The lowest BCUT2D eigenvalue weighted by atomic mass is 9.69. The highest BCUT2D eigenvalue weighted by Crippen LogP contribution is 2.64. The second kappa shape index (κ2) is 11.8. The van der Waals surface area contributed by atoms with Crippen molar-refractivity contribution in [3.63, 3.8) is 0 Å². The Labute approximate surface area is 345 Å². The van der Waals surface area contributed by atoms with Gasteiger partial charge in [0.15, 0.2) is 0 Å². The molecule has 7 aromatic rings. The summed E-state index contributed by atoms with van der Waals surface area (Å²) in [4.78, 5) is 19.4. The summed E-state index contributed by atoms with van der Waals surface area (Å²) in [5.74, 6) is 1.28. The average Bonchev–Trinajstić information content (AvgIpc) is 3.85. The number of rotatable bonds is 4. The van der Waals surface area contributed by atoms with Crippen molar-refractivity contribution in [2.75, 3.05) is 0 Å². The minimum atomic E-state index is -0.536. The Balaban J connectivity index is 1.09. The first kappa shape index (κ1) is 35.7. The Morgan fingerprint density at radius 3 is 1.42 bits per heavy atom. The van der Waals surface area contributed by atoms with Crippen molar-refractivity contribution in [1.29, 1.82) is 0 Å². The van der Waals surface area contributed by atoms with Gasteiger partial charge in [-0.1, -0.05) is 84.9 Å². The van der Waals surface area contributed by atoms with E-state index in [0.29, 0.717) is 11.8 Å². The number of hydrogen-bond donors (Lipinski definition) is 0. The van der Waals surface area contributed by atoms with Crippen molar-refractivity contribution in [3.05, 3.63) is 167 Å². The van der Waals surface area contributed by atoms with E-state index in [4.69, 9.17) is 24.4 Å². The van der Waals surface area contributed by atoms with Crippen molar-refractivity contribution in [2.45, 2.75) is 83.1 Å². The Morgan fingerprint density at radius 1 is 0.407 bits per heavy atom. The maximum atomic E-state index is 6.43. The van der Waals surface area contributed by atoms with Crippen LogP contribution in [0.1, 0.15) is 88.8 Å². The van der Waals surface area contributed by atoms with Crippen LogP contribution in [-0.4, -0.2) is 44.0 Å². The molecule has 0 N–H and O–H groups in total. The standard InChI is InChI=1S/C53H46N4O2/c1-49(2)51(5,6)58-47(56-49)36-24-34(27-54-29-36)31-17-20-38-33(23-31)19-22-42-41-21-18-32(35-25-37(30-55-28-35)48-57-50(3,4)52(7,8)59-48)26-45(41)53(46(38)42)43-15-11-9-13-39(43)40-14-10-12-16-44(40)53/h9-30H,1-8H3. The molecule has 0 saturated carbocycles. The average molecular weight is 771 g/mol. The second-order valence-electron chi connectivity index (χ2n) is 18.6. The van der Waals surface area contributed by atoms with E-state index in [9.17, 15) is 0 Å². The molecular weight excluding hydrogens is 725 g/mol. The van der Waals surface area contributed by atoms with Crippen LogP contribution in [0.4, 0.5) is 0 Å². The van der Waals surface area contributed by atoms with E-state index < -0.39 is 16.6 Å². The lowest BCUT2D eigenvalue weighted by molar-refractivity contribution is 0.0618. The normalized spacial score (nSPS) is 19.0. The number of hydrogen-bond acceptors (Lipinski definition) is 6. The van der Waals surface area contributed by atoms with E-state index in [-0.39, 0.29) is 11.1 Å². The van der Waals surface area contributed by atoms with Crippen LogP contribution in [0.15, 0.2) is 144 Å². The highest BCUT2D eigenvalue weighted by Gasteiger charge is 2.53. The molecule has 2 aliphatic carbocycles. The molecule has 6 heteroatoms. The van der Waals surface area contributed by atoms with E-state index in [1.165, 1.54) is 55.3 Å². The summed E-state index contributed by atoms with van der Waals surface area (Å²) in [6.45, 7) is 16.8. The Morgan fingerprint density at radius 2 is 0.881 bits per heavy atom. The number of aliphatic imine (C=N–C) groups is 2. The van der Waals surface area contributed by atoms with Gasteiger partial charge in [0, 0.05) is 35.9 Å². The number of pyridine rings is 2. The number of aromatic nitrogens is 2. The molecule has 6 nitrogen and oxygen atoms in total. The van der Waals surface area contributed by atoms with Gasteiger partial charge in [-0.3, -0.25) is 9.97 Å². The van der Waals surface area contributed by atoms with Crippen LogP contribution in [0.5, 0.6) is 0 Å². The summed E-state index contributed by atoms with van der Waals surface area (Å²) >= 11 is 0. The van der Waals surface area contributed by atoms with Gasteiger partial charge in [-0.05, 0) is 146 Å². The fourth-order valence-electron chi connectivity index (χ4n) is 9.57. The van der Waals surface area contributed by atoms with Crippen LogP contribution in [0.2, 0.25) is 0 Å². The smallest absolute Gasteiger partial charge is 0.218 e. The monoisotopic (exact) mass is 770 g/mol. The molecule has 0 fully saturated rings. The minimum absolute atomic E-state index is 0.344. The highest BCUT2D eigenvalue weighted by molar-refractivity contribution is 6.05. The number of benzene rings is 5. The van der Waals surface area contributed by atoms with Crippen LogP contribution >= 0.6 is 0 Å². The van der Waals surface area contributed by atoms with Crippen LogP contribution < -0.4 is 0 Å². The number of fused-ring (bicyclic) bond motifs is 12. The van der Waals surface area contributed by atoms with Gasteiger partial charge in [0.25, 0.3) is 0 Å². The third-order valence-electron chi connectivity index (χ3n) is 14.1. The molecule has 2 aromatic heterocycles. The molecule has 5 aromatic carbocycles. The zero-order valence-electron chi connectivity index (χ0n) is 34.8. The van der Waals surface area contributed by atoms with Gasteiger partial charge in [-0.15, -0.1) is 0 Å². The molecule has 4 aliphatic rings. The summed E-state index contributed by atoms with van der Waals surface area (Å²) in [5, 5.41) is 2.41. The predicted molar refractivity (Wildman–Crippen MR) is 238 cm³/mol. The first-order valence-electron chi connectivity index (χ1n) is 20.6. The SMILES string of the molecule is CC1(C)N=C(c2cncc(-c3ccc4c(c3)C3(c5ccccc5-c5ccccc53)c3c-4ccc4cc(-c5cncc(C6=NC(C)(C)C(C)(C)O6)c5)ccc34)c2)OC1(C)C. The third kappa shape index (κ3) is 4.92. The van der Waals surface area contributed by atoms with Crippen LogP contribution in [-0.2, 0) is 14.9 Å². The summed E-state index contributed by atoms with van der Waals surface area (Å²) in [5.41, 5.74) is 14.2. The molecule has 2 aliphatic heterocycles. The van der Waals surface area contributed by atoms with E-state index >= 15 is 0 Å². The van der Waals surface area contributed by atoms with Gasteiger partial charge in [0.05, 0.1) is 27.6 Å². The van der Waals surface area contributed by atoms with Gasteiger partial charge in [-0.25, -0.2) is 9.98 Å². The van der Waals surface area contributed by atoms with Crippen molar-refractivity contribution in [1.82, 2.24) is 9.97 Å². The Bertz CT molecular complexity index is 2980. The van der Waals surface area contributed by atoms with E-state index in [1.807, 2.05) is 24.8 Å². The van der Waals surface area contributed by atoms with Crippen LogP contribution in [0, 0.1) is 0 Å². The molecular formula is C53H46N4O2. The van der Waals surface area contributed by atoms with Crippen LogP contribution in [0.3, 0.4) is 0 Å². The largest absolute Gasteiger partial charge is 0.469 e. The van der Waals surface area contributed by atoms with E-state index in [2.05, 4.69) is 170 Å². The Hall–Kier alpha value is -6.40. The second-order valence-corrected chi connectivity index (χ2v) is 18.6. The first-order chi connectivity index (χ1) is 28.2. The van der Waals surface area contributed by atoms with Crippen molar-refractivity contribution >= 4 is 22.6 Å². The highest BCUT2D eigenvalue weighted by atomic mass is 16.5. The zero-order valence-corrected chi connectivity index (χ0v) is 34.8. The fourth-order valence-corrected chi connectivity index (χ4v) is 9.57. The molecule has 0 atom stereocenters. The molecule has 4 heterocycles. The van der Waals surface area contributed by atoms with E-state index in [0.717, 1.165) is 33.4 Å². The first-order valence-corrected chi connectivity index (χ1v) is 20.6. The molecule has 59 heavy (non-hydrogen) atoms. The quantitative estimate of drug-likeness (QED) is 0.179. The summed E-state index contributed by atoms with van der Waals surface area (Å²) < 4.78 is 12.8. The molecule has 0 bridgehead atoms.